The maximum Gasteiger partial charge on any atom is 0.243 e. The summed E-state index contributed by atoms with van der Waals surface area (Å²) in [5.41, 5.74) is 1.57. The molecule has 4 rings (SSSR count). The van der Waals surface area contributed by atoms with Gasteiger partial charge in [0.1, 0.15) is 5.01 Å². The van der Waals surface area contributed by atoms with Gasteiger partial charge in [-0.2, -0.15) is 4.31 Å². The van der Waals surface area contributed by atoms with Crippen molar-refractivity contribution in [2.24, 2.45) is 0 Å². The van der Waals surface area contributed by atoms with Gasteiger partial charge in [-0.1, -0.05) is 49.9 Å². The van der Waals surface area contributed by atoms with E-state index in [0.29, 0.717) is 35.4 Å². The summed E-state index contributed by atoms with van der Waals surface area (Å²) in [5, 5.41) is 9.89. The van der Waals surface area contributed by atoms with Crippen LogP contribution in [0.5, 0.6) is 0 Å². The molecule has 0 atom stereocenters. The highest BCUT2D eigenvalue weighted by Crippen LogP contribution is 2.29. The average Bonchev–Trinajstić information content (AvgIpc) is 3.36. The van der Waals surface area contributed by atoms with Gasteiger partial charge in [-0.05, 0) is 24.3 Å². The van der Waals surface area contributed by atoms with E-state index in [2.05, 4.69) is 15.2 Å². The summed E-state index contributed by atoms with van der Waals surface area (Å²) in [6.45, 7) is 4.44. The van der Waals surface area contributed by atoms with Crippen LogP contribution < -0.4 is 5.84 Å². The van der Waals surface area contributed by atoms with E-state index in [0.717, 1.165) is 15.2 Å². The Bertz CT molecular complexity index is 1280. The van der Waals surface area contributed by atoms with Gasteiger partial charge in [-0.25, -0.2) is 18.1 Å². The van der Waals surface area contributed by atoms with Gasteiger partial charge >= 0.3 is 0 Å². The predicted octanol–water partition coefficient (Wildman–Crippen LogP) is 3.59. The lowest BCUT2D eigenvalue weighted by atomic mass is 10.2. The fraction of sp³-hybridized carbons (Fsp3) is 0.250. The van der Waals surface area contributed by atoms with Crippen molar-refractivity contribution < 1.29 is 8.42 Å². The van der Waals surface area contributed by atoms with Crippen molar-refractivity contribution in [3.05, 3.63) is 53.5 Å². The minimum atomic E-state index is -3.57. The number of para-hydroxylation sites is 1. The number of hydrogen-bond donors (Lipinski definition) is 1. The second kappa shape index (κ2) is 8.95. The van der Waals surface area contributed by atoms with E-state index in [4.69, 9.17) is 5.84 Å². The third-order valence-electron chi connectivity index (χ3n) is 4.76. The largest absolute Gasteiger partial charge is 0.335 e. The lowest BCUT2D eigenvalue weighted by Crippen LogP contribution is -2.30. The number of nitrogens with two attached hydrogens (primary N) is 1. The number of fused-ring (bicyclic) bond motifs is 1. The molecule has 0 saturated carbocycles. The number of aromatic nitrogens is 4. The van der Waals surface area contributed by atoms with E-state index >= 15 is 0 Å². The number of nitrogen functional groups attached to an aromatic ring is 1. The SMILES string of the molecule is CCN(CC)S(=O)(=O)c1cccc(-c2nnc(SCc3nc4ccccc4s3)n2N)c1. The van der Waals surface area contributed by atoms with Crippen molar-refractivity contribution in [2.75, 3.05) is 18.9 Å². The second-order valence-electron chi connectivity index (χ2n) is 6.66. The molecule has 162 valence electrons. The molecule has 0 bridgehead atoms. The molecule has 0 aliphatic heterocycles. The molecular formula is C20H22N6O2S3. The van der Waals surface area contributed by atoms with Crippen molar-refractivity contribution >= 4 is 43.3 Å². The molecule has 0 amide bonds. The third-order valence-corrected chi connectivity index (χ3v) is 8.98. The Labute approximate surface area is 189 Å². The number of thiazole rings is 1. The lowest BCUT2D eigenvalue weighted by Gasteiger charge is -2.18. The summed E-state index contributed by atoms with van der Waals surface area (Å²) in [7, 11) is -3.57. The van der Waals surface area contributed by atoms with Crippen molar-refractivity contribution in [3.63, 3.8) is 0 Å². The van der Waals surface area contributed by atoms with Crippen LogP contribution >= 0.6 is 23.1 Å². The number of benzene rings is 2. The molecule has 11 heteroatoms. The number of nitrogens with zero attached hydrogens (tertiary/aromatic N) is 5. The molecule has 2 heterocycles. The first-order valence-electron chi connectivity index (χ1n) is 9.72. The summed E-state index contributed by atoms with van der Waals surface area (Å²) < 4.78 is 29.6. The molecule has 0 fully saturated rings. The summed E-state index contributed by atoms with van der Waals surface area (Å²) in [5.74, 6) is 7.26. The highest BCUT2D eigenvalue weighted by Gasteiger charge is 2.23. The van der Waals surface area contributed by atoms with Crippen LogP contribution in [0, 0.1) is 0 Å². The van der Waals surface area contributed by atoms with E-state index in [1.165, 1.54) is 20.7 Å². The zero-order chi connectivity index (χ0) is 22.0. The minimum Gasteiger partial charge on any atom is -0.335 e. The normalized spacial score (nSPS) is 12.1. The Hall–Kier alpha value is -2.47. The molecular weight excluding hydrogens is 452 g/mol. The molecule has 8 nitrogen and oxygen atoms in total. The van der Waals surface area contributed by atoms with E-state index < -0.39 is 10.0 Å². The third kappa shape index (κ3) is 4.31. The van der Waals surface area contributed by atoms with Gasteiger partial charge in [0, 0.05) is 18.7 Å². The van der Waals surface area contributed by atoms with Crippen LogP contribution in [0.1, 0.15) is 18.9 Å². The first kappa shape index (κ1) is 21.8. The second-order valence-corrected chi connectivity index (χ2v) is 10.7. The average molecular weight is 475 g/mol. The van der Waals surface area contributed by atoms with Crippen LogP contribution in [-0.2, 0) is 15.8 Å². The van der Waals surface area contributed by atoms with Gasteiger partial charge in [0.05, 0.1) is 20.9 Å². The molecule has 2 N–H and O–H groups in total. The molecule has 4 aromatic rings. The van der Waals surface area contributed by atoms with Crippen LogP contribution in [0.3, 0.4) is 0 Å². The molecule has 0 saturated heterocycles. The lowest BCUT2D eigenvalue weighted by molar-refractivity contribution is 0.445. The zero-order valence-electron chi connectivity index (χ0n) is 17.1. The van der Waals surface area contributed by atoms with Crippen LogP contribution in [0.25, 0.3) is 21.6 Å². The molecule has 31 heavy (non-hydrogen) atoms. The Kier molecular flexibility index (Phi) is 6.28. The van der Waals surface area contributed by atoms with Gasteiger partial charge in [-0.15, -0.1) is 21.5 Å². The van der Waals surface area contributed by atoms with Crippen molar-refractivity contribution in [3.8, 4) is 11.4 Å². The molecule has 2 aromatic carbocycles. The zero-order valence-corrected chi connectivity index (χ0v) is 19.5. The number of rotatable bonds is 8. The van der Waals surface area contributed by atoms with Crippen molar-refractivity contribution in [1.82, 2.24) is 24.2 Å². The first-order chi connectivity index (χ1) is 14.9. The maximum atomic E-state index is 12.8. The standard InChI is InChI=1S/C20H22N6O2S3/c1-3-25(4-2)31(27,28)15-9-7-8-14(12-15)19-23-24-20(26(19)21)29-13-18-22-16-10-5-6-11-17(16)30-18/h5-12H,3-4,13,21H2,1-2H3. The summed E-state index contributed by atoms with van der Waals surface area (Å²) in [6.07, 6.45) is 0. The topological polar surface area (TPSA) is 107 Å². The summed E-state index contributed by atoms with van der Waals surface area (Å²) >= 11 is 3.07. The van der Waals surface area contributed by atoms with Crippen LogP contribution in [0.4, 0.5) is 0 Å². The predicted molar refractivity (Wildman–Crippen MR) is 125 cm³/mol. The van der Waals surface area contributed by atoms with Gasteiger partial charge < -0.3 is 5.84 Å². The monoisotopic (exact) mass is 474 g/mol. The van der Waals surface area contributed by atoms with Gasteiger partial charge in [-0.3, -0.25) is 0 Å². The quantitative estimate of drug-likeness (QED) is 0.307. The Morgan fingerprint density at radius 2 is 1.87 bits per heavy atom. The highest BCUT2D eigenvalue weighted by atomic mass is 32.2. The molecule has 0 spiro atoms. The van der Waals surface area contributed by atoms with Crippen LogP contribution in [-0.4, -0.2) is 45.7 Å². The molecule has 0 aliphatic carbocycles. The van der Waals surface area contributed by atoms with E-state index in [9.17, 15) is 8.42 Å². The fourth-order valence-corrected chi connectivity index (χ4v) is 6.51. The molecule has 2 aromatic heterocycles. The first-order valence-corrected chi connectivity index (χ1v) is 13.0. The molecule has 0 aliphatic rings. The Balaban J connectivity index is 1.56. The fourth-order valence-electron chi connectivity index (χ4n) is 3.19. The van der Waals surface area contributed by atoms with E-state index in [1.54, 1.807) is 35.6 Å². The molecule has 0 radical (unpaired) electrons. The number of hydrogen-bond acceptors (Lipinski definition) is 8. The van der Waals surface area contributed by atoms with E-state index in [1.807, 2.05) is 38.1 Å². The molecule has 0 unspecified atom stereocenters. The highest BCUT2D eigenvalue weighted by molar-refractivity contribution is 7.98. The summed E-state index contributed by atoms with van der Waals surface area (Å²) in [4.78, 5) is 4.83. The van der Waals surface area contributed by atoms with Crippen LogP contribution in [0.2, 0.25) is 0 Å². The Morgan fingerprint density at radius 1 is 1.10 bits per heavy atom. The van der Waals surface area contributed by atoms with Gasteiger partial charge in [0.15, 0.2) is 5.82 Å². The minimum absolute atomic E-state index is 0.209. The summed E-state index contributed by atoms with van der Waals surface area (Å²) in [6, 6.07) is 14.6. The number of sulfonamides is 1. The van der Waals surface area contributed by atoms with Crippen LogP contribution in [0.15, 0.2) is 58.6 Å². The van der Waals surface area contributed by atoms with E-state index in [-0.39, 0.29) is 4.90 Å². The van der Waals surface area contributed by atoms with Gasteiger partial charge in [0.2, 0.25) is 15.2 Å². The number of thioether (sulfide) groups is 1. The van der Waals surface area contributed by atoms with Crippen molar-refractivity contribution in [2.45, 2.75) is 29.7 Å². The van der Waals surface area contributed by atoms with Crippen molar-refractivity contribution in [1.29, 1.82) is 0 Å². The smallest absolute Gasteiger partial charge is 0.243 e. The van der Waals surface area contributed by atoms with Gasteiger partial charge in [0.25, 0.3) is 0 Å². The maximum absolute atomic E-state index is 12.8. The Morgan fingerprint density at radius 3 is 2.61 bits per heavy atom.